The number of hydrogen-bond donors (Lipinski definition) is 2. The summed E-state index contributed by atoms with van der Waals surface area (Å²) in [5, 5.41) is 2.57. The number of primary amides is 1. The van der Waals surface area contributed by atoms with Crippen LogP contribution in [0.25, 0.3) is 0 Å². The number of Topliss-reactive ketones (excluding diaryl/α,β-unsaturated/α-hetero) is 1. The van der Waals surface area contributed by atoms with E-state index in [4.69, 9.17) is 10.5 Å². The first-order valence-corrected chi connectivity index (χ1v) is 8.23. The highest BCUT2D eigenvalue weighted by Crippen LogP contribution is 2.23. The minimum Gasteiger partial charge on any atom is -0.496 e. The number of ketones is 1. The number of methoxy groups -OCH3 is 1. The van der Waals surface area contributed by atoms with Crippen molar-refractivity contribution in [2.75, 3.05) is 7.11 Å². The van der Waals surface area contributed by atoms with Crippen LogP contribution in [0.3, 0.4) is 0 Å². The van der Waals surface area contributed by atoms with Crippen molar-refractivity contribution in [1.82, 2.24) is 5.32 Å². The molecule has 0 fully saturated rings. The summed E-state index contributed by atoms with van der Waals surface area (Å²) in [5.74, 6) is -2.13. The van der Waals surface area contributed by atoms with Crippen molar-refractivity contribution in [2.45, 2.75) is 12.5 Å². The fraction of sp³-hybridized carbons (Fsp3) is 0.167. The van der Waals surface area contributed by atoms with Crippen LogP contribution in [-0.4, -0.2) is 30.7 Å². The van der Waals surface area contributed by atoms with Gasteiger partial charge < -0.3 is 15.8 Å². The molecule has 0 aliphatic rings. The van der Waals surface area contributed by atoms with Gasteiger partial charge in [0.05, 0.1) is 12.7 Å². The molecule has 1 unspecified atom stereocenters. The molecule has 0 bridgehead atoms. The minimum absolute atomic E-state index is 0.157. The van der Waals surface area contributed by atoms with Crippen LogP contribution in [0, 0.1) is 0 Å². The van der Waals surface area contributed by atoms with E-state index < -0.39 is 23.6 Å². The van der Waals surface area contributed by atoms with Crippen LogP contribution in [0.5, 0.6) is 5.75 Å². The van der Waals surface area contributed by atoms with Crippen LogP contribution in [-0.2, 0) is 16.0 Å². The summed E-state index contributed by atoms with van der Waals surface area (Å²) in [6, 6.07) is 12.9. The highest BCUT2D eigenvalue weighted by atomic mass is 79.9. The number of ether oxygens (including phenoxy) is 1. The summed E-state index contributed by atoms with van der Waals surface area (Å²) in [6.45, 7) is 0. The molecule has 1 atom stereocenters. The molecule has 0 saturated carbocycles. The SMILES string of the molecule is COc1ccc(Br)cc1C(=O)NC(Cc1ccccc1)C(=O)C(N)=O. The van der Waals surface area contributed by atoms with Crippen molar-refractivity contribution < 1.29 is 19.1 Å². The predicted molar refractivity (Wildman–Crippen MR) is 96.3 cm³/mol. The fourth-order valence-electron chi connectivity index (χ4n) is 2.32. The number of amides is 2. The zero-order valence-electron chi connectivity index (χ0n) is 13.5. The number of halogens is 1. The lowest BCUT2D eigenvalue weighted by Gasteiger charge is -2.17. The molecular weight excluding hydrogens is 388 g/mol. The number of nitrogens with two attached hydrogens (primary N) is 1. The van der Waals surface area contributed by atoms with Crippen molar-refractivity contribution in [2.24, 2.45) is 5.73 Å². The van der Waals surface area contributed by atoms with E-state index in [1.54, 1.807) is 42.5 Å². The summed E-state index contributed by atoms with van der Waals surface area (Å²) in [5.41, 5.74) is 6.15. The van der Waals surface area contributed by atoms with Crippen LogP contribution in [0.4, 0.5) is 0 Å². The van der Waals surface area contributed by atoms with Gasteiger partial charge in [0.1, 0.15) is 11.8 Å². The zero-order valence-corrected chi connectivity index (χ0v) is 15.1. The van der Waals surface area contributed by atoms with Crippen LogP contribution in [0.1, 0.15) is 15.9 Å². The summed E-state index contributed by atoms with van der Waals surface area (Å²) >= 11 is 3.29. The lowest BCUT2D eigenvalue weighted by molar-refractivity contribution is -0.137. The minimum atomic E-state index is -1.09. The number of nitrogens with one attached hydrogen (secondary N) is 1. The van der Waals surface area contributed by atoms with Gasteiger partial charge in [0.15, 0.2) is 0 Å². The molecule has 2 rings (SSSR count). The smallest absolute Gasteiger partial charge is 0.287 e. The first-order chi connectivity index (χ1) is 11.9. The second kappa shape index (κ2) is 8.43. The molecule has 0 aliphatic heterocycles. The van der Waals surface area contributed by atoms with E-state index in [1.807, 2.05) is 6.07 Å². The van der Waals surface area contributed by atoms with Gasteiger partial charge in [0.2, 0.25) is 5.78 Å². The third kappa shape index (κ3) is 4.90. The van der Waals surface area contributed by atoms with Gasteiger partial charge in [-0.3, -0.25) is 14.4 Å². The summed E-state index contributed by atoms with van der Waals surface area (Å²) < 4.78 is 5.85. The summed E-state index contributed by atoms with van der Waals surface area (Å²) in [6.07, 6.45) is 0.157. The predicted octanol–water partition coefficient (Wildman–Crippen LogP) is 1.85. The van der Waals surface area contributed by atoms with Crippen LogP contribution >= 0.6 is 15.9 Å². The normalized spacial score (nSPS) is 11.4. The van der Waals surface area contributed by atoms with E-state index in [-0.39, 0.29) is 12.0 Å². The largest absolute Gasteiger partial charge is 0.496 e. The van der Waals surface area contributed by atoms with Crippen molar-refractivity contribution in [3.05, 3.63) is 64.1 Å². The molecule has 2 aromatic rings. The number of carbonyl (C=O) groups excluding carboxylic acids is 3. The third-order valence-corrected chi connectivity index (χ3v) is 4.05. The average Bonchev–Trinajstić information content (AvgIpc) is 2.61. The molecule has 2 aromatic carbocycles. The quantitative estimate of drug-likeness (QED) is 0.687. The summed E-state index contributed by atoms with van der Waals surface area (Å²) in [7, 11) is 1.44. The van der Waals surface area contributed by atoms with E-state index in [9.17, 15) is 14.4 Å². The Bertz CT molecular complexity index is 793. The molecule has 7 heteroatoms. The Kier molecular flexibility index (Phi) is 6.30. The Morgan fingerprint density at radius 1 is 1.16 bits per heavy atom. The first kappa shape index (κ1) is 18.7. The van der Waals surface area contributed by atoms with Gasteiger partial charge in [-0.1, -0.05) is 46.3 Å². The summed E-state index contributed by atoms with van der Waals surface area (Å²) in [4.78, 5) is 36.0. The van der Waals surface area contributed by atoms with Gasteiger partial charge >= 0.3 is 0 Å². The monoisotopic (exact) mass is 404 g/mol. The van der Waals surface area contributed by atoms with E-state index in [0.29, 0.717) is 10.2 Å². The van der Waals surface area contributed by atoms with Crippen LogP contribution in [0.2, 0.25) is 0 Å². The third-order valence-electron chi connectivity index (χ3n) is 3.55. The number of rotatable bonds is 7. The van der Waals surface area contributed by atoms with Crippen molar-refractivity contribution in [3.8, 4) is 5.75 Å². The molecule has 6 nitrogen and oxygen atoms in total. The Morgan fingerprint density at radius 3 is 2.44 bits per heavy atom. The Balaban J connectivity index is 2.27. The second-order valence-electron chi connectivity index (χ2n) is 5.29. The van der Waals surface area contributed by atoms with E-state index in [1.165, 1.54) is 7.11 Å². The van der Waals surface area contributed by atoms with Gasteiger partial charge in [-0.2, -0.15) is 0 Å². The lowest BCUT2D eigenvalue weighted by atomic mass is 10.0. The molecular formula is C18H17BrN2O4. The van der Waals surface area contributed by atoms with Gasteiger partial charge in [0, 0.05) is 10.9 Å². The van der Waals surface area contributed by atoms with E-state index >= 15 is 0 Å². The maximum absolute atomic E-state index is 12.6. The van der Waals surface area contributed by atoms with E-state index in [0.717, 1.165) is 5.56 Å². The van der Waals surface area contributed by atoms with E-state index in [2.05, 4.69) is 21.2 Å². The number of carbonyl (C=O) groups is 3. The maximum atomic E-state index is 12.6. The standard InChI is InChI=1S/C18H17BrN2O4/c1-25-15-8-7-12(19)10-13(15)18(24)21-14(16(22)17(20)23)9-11-5-3-2-4-6-11/h2-8,10,14H,9H2,1H3,(H2,20,23)(H,21,24). The molecule has 3 N–H and O–H groups in total. The first-order valence-electron chi connectivity index (χ1n) is 7.44. The maximum Gasteiger partial charge on any atom is 0.287 e. The lowest BCUT2D eigenvalue weighted by Crippen LogP contribution is -2.47. The number of hydrogen-bond acceptors (Lipinski definition) is 4. The second-order valence-corrected chi connectivity index (χ2v) is 6.20. The van der Waals surface area contributed by atoms with Crippen LogP contribution in [0.15, 0.2) is 53.0 Å². The van der Waals surface area contributed by atoms with Gasteiger partial charge in [-0.15, -0.1) is 0 Å². The van der Waals surface area contributed by atoms with Gasteiger partial charge in [-0.25, -0.2) is 0 Å². The molecule has 0 heterocycles. The Morgan fingerprint density at radius 2 is 1.84 bits per heavy atom. The van der Waals surface area contributed by atoms with Gasteiger partial charge in [-0.05, 0) is 23.8 Å². The average molecular weight is 405 g/mol. The highest BCUT2D eigenvalue weighted by Gasteiger charge is 2.26. The molecule has 130 valence electrons. The van der Waals surface area contributed by atoms with Crippen molar-refractivity contribution >= 4 is 33.5 Å². The molecule has 0 aliphatic carbocycles. The number of benzene rings is 2. The molecule has 2 amide bonds. The van der Waals surface area contributed by atoms with Crippen LogP contribution < -0.4 is 15.8 Å². The Hall–Kier alpha value is -2.67. The molecule has 0 spiro atoms. The Labute approximate surface area is 153 Å². The van der Waals surface area contributed by atoms with Crippen molar-refractivity contribution in [3.63, 3.8) is 0 Å². The van der Waals surface area contributed by atoms with Gasteiger partial charge in [0.25, 0.3) is 11.8 Å². The molecule has 0 aromatic heterocycles. The highest BCUT2D eigenvalue weighted by molar-refractivity contribution is 9.10. The van der Waals surface area contributed by atoms with Crippen molar-refractivity contribution in [1.29, 1.82) is 0 Å². The molecule has 0 radical (unpaired) electrons. The molecule has 0 saturated heterocycles. The zero-order chi connectivity index (χ0) is 18.4. The topological polar surface area (TPSA) is 98.5 Å². The molecule has 25 heavy (non-hydrogen) atoms. The fourth-order valence-corrected chi connectivity index (χ4v) is 2.69.